The first-order chi connectivity index (χ1) is 11.8. The minimum atomic E-state index is -4.37. The maximum absolute atomic E-state index is 12.6. The number of alkyl halides is 3. The van der Waals surface area contributed by atoms with Gasteiger partial charge >= 0.3 is 6.18 Å². The van der Waals surface area contributed by atoms with Crippen molar-refractivity contribution >= 4 is 5.96 Å². The Hall–Kier alpha value is -1.96. The largest absolute Gasteiger partial charge is 0.492 e. The molecule has 2 N–H and O–H groups in total. The van der Waals surface area contributed by atoms with Gasteiger partial charge in [0, 0.05) is 20.2 Å². The van der Waals surface area contributed by atoms with E-state index in [0.717, 1.165) is 31.6 Å². The summed E-state index contributed by atoms with van der Waals surface area (Å²) in [6.07, 6.45) is -2.33. The number of benzene rings is 1. The van der Waals surface area contributed by atoms with E-state index in [1.54, 1.807) is 7.05 Å². The normalized spacial score (nSPS) is 21.2. The Balaban J connectivity index is 1.72. The molecule has 0 radical (unpaired) electrons. The van der Waals surface area contributed by atoms with Crippen LogP contribution in [0.25, 0.3) is 0 Å². The van der Waals surface area contributed by atoms with Crippen LogP contribution in [0.5, 0.6) is 5.75 Å². The number of nitrogens with zero attached hydrogens (tertiary/aromatic N) is 1. The van der Waals surface area contributed by atoms with E-state index in [1.165, 1.54) is 12.1 Å². The predicted octanol–water partition coefficient (Wildman–Crippen LogP) is 2.82. The minimum Gasteiger partial charge on any atom is -0.492 e. The lowest BCUT2D eigenvalue weighted by Crippen LogP contribution is -2.46. The first kappa shape index (κ1) is 19.4. The third kappa shape index (κ3) is 6.12. The SMILES string of the molecule is CN=C(NCCOc1cccc(C(F)(F)F)c1)NCC1(C)CCCO1. The van der Waals surface area contributed by atoms with E-state index < -0.39 is 11.7 Å². The molecule has 0 amide bonds. The van der Waals surface area contributed by atoms with E-state index in [9.17, 15) is 13.2 Å². The van der Waals surface area contributed by atoms with Crippen LogP contribution in [-0.4, -0.2) is 44.9 Å². The molecule has 1 aliphatic rings. The summed E-state index contributed by atoms with van der Waals surface area (Å²) in [7, 11) is 1.65. The first-order valence-corrected chi connectivity index (χ1v) is 8.21. The van der Waals surface area contributed by atoms with Gasteiger partial charge in [0.05, 0.1) is 17.7 Å². The Morgan fingerprint density at radius 3 is 2.80 bits per heavy atom. The average molecular weight is 359 g/mol. The van der Waals surface area contributed by atoms with Crippen LogP contribution in [0, 0.1) is 0 Å². The fourth-order valence-corrected chi connectivity index (χ4v) is 2.57. The number of rotatable bonds is 6. The highest BCUT2D eigenvalue weighted by molar-refractivity contribution is 5.79. The third-order valence-electron chi connectivity index (χ3n) is 3.98. The van der Waals surface area contributed by atoms with Crippen molar-refractivity contribution < 1.29 is 22.6 Å². The summed E-state index contributed by atoms with van der Waals surface area (Å²) in [6.45, 7) is 4.09. The van der Waals surface area contributed by atoms with Crippen molar-refractivity contribution in [1.29, 1.82) is 0 Å². The molecular formula is C17H24F3N3O2. The number of hydrogen-bond acceptors (Lipinski definition) is 3. The molecule has 1 atom stereocenters. The molecule has 0 aliphatic carbocycles. The summed E-state index contributed by atoms with van der Waals surface area (Å²) >= 11 is 0. The summed E-state index contributed by atoms with van der Waals surface area (Å²) in [4.78, 5) is 4.11. The Morgan fingerprint density at radius 1 is 1.36 bits per heavy atom. The molecule has 140 valence electrons. The molecule has 1 aliphatic heterocycles. The maximum Gasteiger partial charge on any atom is 0.416 e. The van der Waals surface area contributed by atoms with Gasteiger partial charge in [0.1, 0.15) is 12.4 Å². The van der Waals surface area contributed by atoms with Gasteiger partial charge in [-0.1, -0.05) is 6.07 Å². The number of hydrogen-bond donors (Lipinski definition) is 2. The molecular weight excluding hydrogens is 335 g/mol. The smallest absolute Gasteiger partial charge is 0.416 e. The van der Waals surface area contributed by atoms with Crippen molar-refractivity contribution in [1.82, 2.24) is 10.6 Å². The zero-order valence-electron chi connectivity index (χ0n) is 14.4. The summed E-state index contributed by atoms with van der Waals surface area (Å²) in [5.74, 6) is 0.788. The average Bonchev–Trinajstić information content (AvgIpc) is 3.01. The van der Waals surface area contributed by atoms with Crippen LogP contribution >= 0.6 is 0 Å². The van der Waals surface area contributed by atoms with Gasteiger partial charge in [-0.3, -0.25) is 4.99 Å². The molecule has 25 heavy (non-hydrogen) atoms. The lowest BCUT2D eigenvalue weighted by atomic mass is 10.0. The first-order valence-electron chi connectivity index (χ1n) is 8.21. The van der Waals surface area contributed by atoms with Crippen molar-refractivity contribution in [3.8, 4) is 5.75 Å². The van der Waals surface area contributed by atoms with E-state index in [0.29, 0.717) is 19.0 Å². The second kappa shape index (κ2) is 8.42. The molecule has 5 nitrogen and oxygen atoms in total. The van der Waals surface area contributed by atoms with Gasteiger partial charge in [-0.15, -0.1) is 0 Å². The van der Waals surface area contributed by atoms with E-state index in [2.05, 4.69) is 22.5 Å². The molecule has 1 heterocycles. The van der Waals surface area contributed by atoms with E-state index >= 15 is 0 Å². The second-order valence-electron chi connectivity index (χ2n) is 6.13. The monoisotopic (exact) mass is 359 g/mol. The third-order valence-corrected chi connectivity index (χ3v) is 3.98. The number of ether oxygens (including phenoxy) is 2. The van der Waals surface area contributed by atoms with Crippen molar-refractivity contribution in [2.75, 3.05) is 33.4 Å². The molecule has 0 saturated carbocycles. The van der Waals surface area contributed by atoms with Crippen LogP contribution in [-0.2, 0) is 10.9 Å². The van der Waals surface area contributed by atoms with Gasteiger partial charge in [0.25, 0.3) is 0 Å². The van der Waals surface area contributed by atoms with E-state index in [4.69, 9.17) is 9.47 Å². The molecule has 1 aromatic rings. The topological polar surface area (TPSA) is 54.9 Å². The molecule has 1 aromatic carbocycles. The van der Waals surface area contributed by atoms with Crippen molar-refractivity contribution in [2.45, 2.75) is 31.5 Å². The maximum atomic E-state index is 12.6. The number of halogens is 3. The molecule has 8 heteroatoms. The van der Waals surface area contributed by atoms with Crippen molar-refractivity contribution in [2.24, 2.45) is 4.99 Å². The van der Waals surface area contributed by atoms with E-state index in [1.807, 2.05) is 0 Å². The second-order valence-corrected chi connectivity index (χ2v) is 6.13. The zero-order chi connectivity index (χ0) is 18.3. The van der Waals surface area contributed by atoms with Crippen molar-refractivity contribution in [3.05, 3.63) is 29.8 Å². The van der Waals surface area contributed by atoms with E-state index in [-0.39, 0.29) is 18.0 Å². The molecule has 1 fully saturated rings. The molecule has 0 bridgehead atoms. The lowest BCUT2D eigenvalue weighted by molar-refractivity contribution is -0.137. The Kier molecular flexibility index (Phi) is 6.52. The lowest BCUT2D eigenvalue weighted by Gasteiger charge is -2.24. The van der Waals surface area contributed by atoms with Crippen molar-refractivity contribution in [3.63, 3.8) is 0 Å². The predicted molar refractivity (Wildman–Crippen MR) is 89.9 cm³/mol. The molecule has 0 aromatic heterocycles. The van der Waals surface area contributed by atoms with Gasteiger partial charge in [0.15, 0.2) is 5.96 Å². The Morgan fingerprint density at radius 2 is 2.16 bits per heavy atom. The molecule has 0 spiro atoms. The zero-order valence-corrected chi connectivity index (χ0v) is 14.4. The fourth-order valence-electron chi connectivity index (χ4n) is 2.57. The molecule has 2 rings (SSSR count). The number of guanidine groups is 1. The van der Waals surface area contributed by atoms with Gasteiger partial charge in [-0.05, 0) is 38.0 Å². The number of aliphatic imine (C=N–C) groups is 1. The summed E-state index contributed by atoms with van der Waals surface area (Å²) < 4.78 is 49.0. The summed E-state index contributed by atoms with van der Waals surface area (Å²) in [5, 5.41) is 6.25. The van der Waals surface area contributed by atoms with Crippen LogP contribution in [0.4, 0.5) is 13.2 Å². The van der Waals surface area contributed by atoms with Gasteiger partial charge in [-0.25, -0.2) is 0 Å². The quantitative estimate of drug-likeness (QED) is 0.466. The minimum absolute atomic E-state index is 0.187. The molecule has 1 unspecified atom stereocenters. The van der Waals surface area contributed by atoms with Gasteiger partial charge in [-0.2, -0.15) is 13.2 Å². The summed E-state index contributed by atoms with van der Waals surface area (Å²) in [6, 6.07) is 4.84. The van der Waals surface area contributed by atoms with Crippen LogP contribution in [0.3, 0.4) is 0 Å². The van der Waals surface area contributed by atoms with Crippen LogP contribution < -0.4 is 15.4 Å². The Bertz CT molecular complexity index is 585. The summed E-state index contributed by atoms with van der Waals surface area (Å²) in [5.41, 5.74) is -0.910. The molecule has 1 saturated heterocycles. The highest BCUT2D eigenvalue weighted by Gasteiger charge is 2.31. The van der Waals surface area contributed by atoms with Gasteiger partial charge in [0.2, 0.25) is 0 Å². The highest BCUT2D eigenvalue weighted by atomic mass is 19.4. The van der Waals surface area contributed by atoms with Crippen LogP contribution in [0.15, 0.2) is 29.3 Å². The highest BCUT2D eigenvalue weighted by Crippen LogP contribution is 2.31. The van der Waals surface area contributed by atoms with Crippen LogP contribution in [0.1, 0.15) is 25.3 Å². The Labute approximate surface area is 145 Å². The fraction of sp³-hybridized carbons (Fsp3) is 0.588. The standard InChI is InChI=1S/C17H24F3N3O2/c1-16(7-4-9-25-16)12-23-15(21-2)22-8-10-24-14-6-3-5-13(11-14)17(18,19)20/h3,5-6,11H,4,7-10,12H2,1-2H3,(H2,21,22,23). The number of nitrogens with one attached hydrogen (secondary N) is 2. The van der Waals surface area contributed by atoms with Crippen LogP contribution in [0.2, 0.25) is 0 Å². The van der Waals surface area contributed by atoms with Gasteiger partial charge < -0.3 is 20.1 Å².